The minimum atomic E-state index is -1.05. The van der Waals surface area contributed by atoms with Crippen LogP contribution in [0.4, 0.5) is 9.59 Å². The van der Waals surface area contributed by atoms with Crippen LogP contribution in [-0.4, -0.2) is 107 Å². The number of carbonyl (C=O) groups excluding carboxylic acids is 7. The number of alkyl carbamates (subject to hydrolysis) is 1. The molecule has 3 amide bonds. The Hall–Kier alpha value is -5.47. The van der Waals surface area contributed by atoms with Gasteiger partial charge in [0.25, 0.3) is 0 Å². The number of esters is 2. The Morgan fingerprint density at radius 3 is 2.17 bits per heavy atom. The van der Waals surface area contributed by atoms with Crippen LogP contribution in [0.2, 0.25) is 0 Å². The first-order valence-electron chi connectivity index (χ1n) is 19.9. The summed E-state index contributed by atoms with van der Waals surface area (Å²) in [5, 5.41) is 2.57. The summed E-state index contributed by atoms with van der Waals surface area (Å²) in [6.07, 6.45) is 0.222. The lowest BCUT2D eigenvalue weighted by molar-refractivity contribution is -0.158. The van der Waals surface area contributed by atoms with Crippen LogP contribution in [0.25, 0.3) is 11.1 Å². The molecule has 0 saturated carbocycles. The van der Waals surface area contributed by atoms with Crippen molar-refractivity contribution in [3.05, 3.63) is 52.6 Å². The molecule has 0 spiro atoms. The summed E-state index contributed by atoms with van der Waals surface area (Å²) < 4.78 is 27.5. The van der Waals surface area contributed by atoms with E-state index in [1.165, 1.54) is 16.9 Å². The number of nitrogens with one attached hydrogen (secondary N) is 1. The smallest absolute Gasteiger partial charge is 0.411 e. The summed E-state index contributed by atoms with van der Waals surface area (Å²) in [7, 11) is 1.21. The van der Waals surface area contributed by atoms with E-state index in [0.29, 0.717) is 49.0 Å². The van der Waals surface area contributed by atoms with E-state index in [1.807, 2.05) is 19.9 Å². The van der Waals surface area contributed by atoms with Crippen LogP contribution in [-0.2, 0) is 46.4 Å². The number of methoxy groups -OCH3 is 1. The second kappa shape index (κ2) is 16.8. The second-order valence-corrected chi connectivity index (χ2v) is 16.9. The fourth-order valence-electron chi connectivity index (χ4n) is 8.22. The van der Waals surface area contributed by atoms with E-state index >= 15 is 0 Å². The van der Waals surface area contributed by atoms with Gasteiger partial charge < -0.3 is 33.9 Å². The van der Waals surface area contributed by atoms with Crippen molar-refractivity contribution in [3.8, 4) is 16.9 Å². The summed E-state index contributed by atoms with van der Waals surface area (Å²) >= 11 is 0. The third-order valence-corrected chi connectivity index (χ3v) is 11.3. The highest BCUT2D eigenvalue weighted by atomic mass is 16.6. The summed E-state index contributed by atoms with van der Waals surface area (Å²) in [5.41, 5.74) is 3.07. The topological polar surface area (TPSA) is 184 Å². The van der Waals surface area contributed by atoms with Gasteiger partial charge in [-0.1, -0.05) is 26.0 Å². The molecule has 6 atom stereocenters. The highest BCUT2D eigenvalue weighted by molar-refractivity contribution is 6.04. The lowest BCUT2D eigenvalue weighted by atomic mass is 9.84. The van der Waals surface area contributed by atoms with Crippen LogP contribution in [0.15, 0.2) is 30.3 Å². The lowest BCUT2D eigenvalue weighted by Crippen LogP contribution is -2.56. The zero-order valence-electron chi connectivity index (χ0n) is 34.4. The Morgan fingerprint density at radius 2 is 1.52 bits per heavy atom. The first-order valence-corrected chi connectivity index (χ1v) is 19.9. The normalized spacial score (nSPS) is 22.8. The fourth-order valence-corrected chi connectivity index (χ4v) is 8.22. The lowest BCUT2D eigenvalue weighted by Gasteiger charge is -2.33. The molecular weight excluding hydrogens is 750 g/mol. The molecule has 2 saturated heterocycles. The Balaban J connectivity index is 1.10. The van der Waals surface area contributed by atoms with E-state index in [-0.39, 0.29) is 36.8 Å². The van der Waals surface area contributed by atoms with Gasteiger partial charge in [-0.2, -0.15) is 0 Å². The van der Waals surface area contributed by atoms with Crippen molar-refractivity contribution in [2.24, 2.45) is 5.92 Å². The molecule has 15 heteroatoms. The number of benzene rings is 2. The van der Waals surface area contributed by atoms with Crippen molar-refractivity contribution in [3.63, 3.8) is 0 Å². The van der Waals surface area contributed by atoms with Crippen molar-refractivity contribution in [2.75, 3.05) is 13.7 Å². The maximum absolute atomic E-state index is 13.8. The maximum atomic E-state index is 13.8. The number of aryl methyl sites for hydroxylation is 1. The number of Topliss-reactive ketones (excluding diaryl/α,β-unsaturated/α-hetero) is 2. The molecule has 1 aliphatic carbocycles. The van der Waals surface area contributed by atoms with E-state index < -0.39 is 72.3 Å². The Kier molecular flexibility index (Phi) is 12.2. The largest absolute Gasteiger partial charge is 0.488 e. The van der Waals surface area contributed by atoms with Crippen LogP contribution in [0.1, 0.15) is 112 Å². The summed E-state index contributed by atoms with van der Waals surface area (Å²) in [5.74, 6) is -2.33. The van der Waals surface area contributed by atoms with Gasteiger partial charge in [0.1, 0.15) is 36.1 Å². The average Bonchev–Trinajstić information content (AvgIpc) is 3.77. The molecule has 2 aromatic rings. The monoisotopic (exact) mass is 803 g/mol. The average molecular weight is 804 g/mol. The van der Waals surface area contributed by atoms with Crippen LogP contribution in [0.5, 0.6) is 5.75 Å². The molecule has 2 aromatic carbocycles. The summed E-state index contributed by atoms with van der Waals surface area (Å²) in [6.45, 7) is 12.1. The van der Waals surface area contributed by atoms with Crippen LogP contribution >= 0.6 is 0 Å². The SMILES string of the molecule is COC(=O)N[C@H](C(=O)N1[C@@H](C)CC[C@H]1C(=O)OC1CCc2cc3c(cc2C1=O)OCc1cc(C(=O)COC(=O)[C@@H]2CC[C@H](C)N2C(=O)OC(C)(C)C)ccc1-3)C(C)C. The van der Waals surface area contributed by atoms with E-state index in [1.54, 1.807) is 58.9 Å². The standard InChI is InChI=1S/C43H53N3O12/c1-22(2)36(44-41(52)54-8)38(49)45-23(3)9-15-32(45)40(51)57-34-16-12-25-18-30-28-13-11-26(17-27(28)20-55-35(30)19-29(25)37(34)48)33(47)21-56-39(50)31-14-10-24(4)46(31)42(53)58-43(5,6)7/h11,13,17-19,22-24,31-32,34,36H,9-10,12,14-16,20-21H2,1-8H3,(H,44,52)/t23-,24-,31-,32-,34?,36-/m0/s1. The minimum Gasteiger partial charge on any atom is -0.488 e. The van der Waals surface area contributed by atoms with E-state index in [2.05, 4.69) is 5.32 Å². The third-order valence-electron chi connectivity index (χ3n) is 11.3. The Labute approximate surface area is 338 Å². The van der Waals surface area contributed by atoms with Gasteiger partial charge in [0.2, 0.25) is 11.7 Å². The highest BCUT2D eigenvalue weighted by Gasteiger charge is 2.45. The van der Waals surface area contributed by atoms with Gasteiger partial charge in [-0.05, 0) is 114 Å². The first-order chi connectivity index (χ1) is 27.4. The molecule has 1 unspecified atom stereocenters. The number of ether oxygens (including phenoxy) is 5. The van der Waals surface area contributed by atoms with Crippen molar-refractivity contribution >= 4 is 41.6 Å². The molecule has 0 aromatic heterocycles. The molecule has 58 heavy (non-hydrogen) atoms. The van der Waals surface area contributed by atoms with Crippen LogP contribution in [0, 0.1) is 5.92 Å². The van der Waals surface area contributed by atoms with Crippen molar-refractivity contribution in [1.82, 2.24) is 15.1 Å². The Morgan fingerprint density at radius 1 is 0.845 bits per heavy atom. The van der Waals surface area contributed by atoms with E-state index in [9.17, 15) is 33.6 Å². The van der Waals surface area contributed by atoms with Crippen molar-refractivity contribution in [1.29, 1.82) is 0 Å². The molecular formula is C43H53N3O12. The summed E-state index contributed by atoms with van der Waals surface area (Å²) in [4.78, 5) is 95.0. The molecule has 312 valence electrons. The van der Waals surface area contributed by atoms with Gasteiger partial charge in [0, 0.05) is 28.8 Å². The summed E-state index contributed by atoms with van der Waals surface area (Å²) in [6, 6.07) is 5.55. The number of amides is 3. The molecule has 3 heterocycles. The van der Waals surface area contributed by atoms with Crippen molar-refractivity contribution < 1.29 is 57.2 Å². The van der Waals surface area contributed by atoms with Crippen molar-refractivity contribution in [2.45, 2.75) is 136 Å². The zero-order valence-corrected chi connectivity index (χ0v) is 34.4. The first kappa shape index (κ1) is 42.1. The number of hydrogen-bond donors (Lipinski definition) is 1. The van der Waals surface area contributed by atoms with Crippen LogP contribution in [0.3, 0.4) is 0 Å². The predicted octanol–water partition coefficient (Wildman–Crippen LogP) is 5.56. The van der Waals surface area contributed by atoms with E-state index in [0.717, 1.165) is 22.3 Å². The second-order valence-electron chi connectivity index (χ2n) is 16.9. The number of carbonyl (C=O) groups is 7. The Bertz CT molecular complexity index is 2000. The number of fused-ring (bicyclic) bond motifs is 4. The number of likely N-dealkylation sites (tertiary alicyclic amines) is 2. The quantitative estimate of drug-likeness (QED) is 0.190. The third kappa shape index (κ3) is 8.68. The van der Waals surface area contributed by atoms with E-state index in [4.69, 9.17) is 23.7 Å². The molecule has 0 bridgehead atoms. The minimum absolute atomic E-state index is 0.116. The van der Waals surface area contributed by atoms with Gasteiger partial charge in [-0.3, -0.25) is 19.3 Å². The van der Waals surface area contributed by atoms with Gasteiger partial charge >= 0.3 is 24.1 Å². The number of ketones is 2. The molecule has 4 aliphatic rings. The molecule has 1 N–H and O–H groups in total. The van der Waals surface area contributed by atoms with Gasteiger partial charge in [-0.15, -0.1) is 0 Å². The zero-order chi connectivity index (χ0) is 42.2. The number of hydrogen-bond acceptors (Lipinski definition) is 12. The number of rotatable bonds is 9. The van der Waals surface area contributed by atoms with Crippen LogP contribution < -0.4 is 10.1 Å². The number of nitrogens with zero attached hydrogens (tertiary/aromatic N) is 2. The fraction of sp³-hybridized carbons (Fsp3) is 0.558. The highest BCUT2D eigenvalue weighted by Crippen LogP contribution is 2.42. The molecule has 0 radical (unpaired) electrons. The van der Waals surface area contributed by atoms with Gasteiger partial charge in [0.05, 0.1) is 7.11 Å². The molecule has 3 aliphatic heterocycles. The maximum Gasteiger partial charge on any atom is 0.411 e. The van der Waals surface area contributed by atoms with Gasteiger partial charge in [0.15, 0.2) is 18.5 Å². The van der Waals surface area contributed by atoms with Gasteiger partial charge in [-0.25, -0.2) is 19.2 Å². The molecule has 15 nitrogen and oxygen atoms in total. The molecule has 6 rings (SSSR count). The molecule has 2 fully saturated rings. The predicted molar refractivity (Wildman–Crippen MR) is 208 cm³/mol.